The Hall–Kier alpha value is -4.90. The first-order valence-corrected chi connectivity index (χ1v) is 11.7. The molecule has 0 spiro atoms. The summed E-state index contributed by atoms with van der Waals surface area (Å²) in [6.07, 6.45) is 7.24. The van der Waals surface area contributed by atoms with Crippen molar-refractivity contribution in [3.8, 4) is 34.6 Å². The van der Waals surface area contributed by atoms with Gasteiger partial charge in [-0.3, -0.25) is 9.67 Å². The fraction of sp³-hybridized carbons (Fsp3) is 0.172. The van der Waals surface area contributed by atoms with E-state index in [1.807, 2.05) is 68.7 Å². The highest BCUT2D eigenvalue weighted by Crippen LogP contribution is 2.34. The Labute approximate surface area is 215 Å². The normalized spacial score (nSPS) is 10.6. The lowest BCUT2D eigenvalue weighted by Crippen LogP contribution is -2.17. The second-order valence-electron chi connectivity index (χ2n) is 8.51. The average Bonchev–Trinajstić information content (AvgIpc) is 3.36. The van der Waals surface area contributed by atoms with E-state index in [1.54, 1.807) is 37.5 Å². The SMILES string of the molecule is COc1cc(OC)cc(N(CC#Cc2cc(C)ccn2)c2ccc3ncc(-c4cnn(C)c4)nc3c2)c1. The van der Waals surface area contributed by atoms with Crippen molar-refractivity contribution in [3.63, 3.8) is 0 Å². The molecular weight excluding hydrogens is 464 g/mol. The van der Waals surface area contributed by atoms with Gasteiger partial charge in [-0.15, -0.1) is 0 Å². The summed E-state index contributed by atoms with van der Waals surface area (Å²) < 4.78 is 12.8. The lowest BCUT2D eigenvalue weighted by molar-refractivity contribution is 0.394. The summed E-state index contributed by atoms with van der Waals surface area (Å²) in [6, 6.07) is 15.7. The van der Waals surface area contributed by atoms with Gasteiger partial charge >= 0.3 is 0 Å². The third-order valence-corrected chi connectivity index (χ3v) is 5.86. The summed E-state index contributed by atoms with van der Waals surface area (Å²) in [5, 5.41) is 4.25. The van der Waals surface area contributed by atoms with E-state index in [0.29, 0.717) is 18.0 Å². The summed E-state index contributed by atoms with van der Waals surface area (Å²) in [6.45, 7) is 2.44. The van der Waals surface area contributed by atoms with E-state index in [2.05, 4.69) is 31.8 Å². The smallest absolute Gasteiger partial charge is 0.124 e. The summed E-state index contributed by atoms with van der Waals surface area (Å²) in [4.78, 5) is 15.9. The fourth-order valence-corrected chi connectivity index (χ4v) is 3.95. The van der Waals surface area contributed by atoms with Crippen molar-refractivity contribution in [2.24, 2.45) is 7.05 Å². The van der Waals surface area contributed by atoms with Gasteiger partial charge < -0.3 is 14.4 Å². The maximum atomic E-state index is 5.52. The van der Waals surface area contributed by atoms with E-state index >= 15 is 0 Å². The van der Waals surface area contributed by atoms with Crippen molar-refractivity contribution in [1.82, 2.24) is 24.7 Å². The molecule has 0 atom stereocenters. The van der Waals surface area contributed by atoms with Crippen LogP contribution < -0.4 is 14.4 Å². The molecule has 5 rings (SSSR count). The minimum atomic E-state index is 0.410. The zero-order valence-electron chi connectivity index (χ0n) is 21.1. The molecule has 0 saturated heterocycles. The predicted octanol–water partition coefficient (Wildman–Crippen LogP) is 4.94. The molecule has 3 heterocycles. The van der Waals surface area contributed by atoms with Gasteiger partial charge in [-0.25, -0.2) is 9.97 Å². The van der Waals surface area contributed by atoms with Crippen LogP contribution in [0.4, 0.5) is 11.4 Å². The second-order valence-corrected chi connectivity index (χ2v) is 8.51. The van der Waals surface area contributed by atoms with Gasteiger partial charge in [0.2, 0.25) is 0 Å². The molecule has 184 valence electrons. The molecule has 5 aromatic rings. The van der Waals surface area contributed by atoms with Crippen LogP contribution in [0.2, 0.25) is 0 Å². The van der Waals surface area contributed by atoms with Crippen LogP contribution in [-0.2, 0) is 7.05 Å². The van der Waals surface area contributed by atoms with Crippen LogP contribution in [0.5, 0.6) is 11.5 Å². The molecule has 0 radical (unpaired) electrons. The number of ether oxygens (including phenoxy) is 2. The number of nitrogens with zero attached hydrogens (tertiary/aromatic N) is 6. The Morgan fingerprint density at radius 3 is 2.41 bits per heavy atom. The van der Waals surface area contributed by atoms with Gasteiger partial charge in [0, 0.05) is 54.6 Å². The zero-order valence-corrected chi connectivity index (χ0v) is 21.1. The van der Waals surface area contributed by atoms with E-state index in [0.717, 1.165) is 44.9 Å². The molecule has 0 saturated carbocycles. The van der Waals surface area contributed by atoms with Gasteiger partial charge in [0.05, 0.1) is 49.9 Å². The highest BCUT2D eigenvalue weighted by atomic mass is 16.5. The number of pyridine rings is 1. The first-order chi connectivity index (χ1) is 18.0. The number of aryl methyl sites for hydroxylation is 2. The highest BCUT2D eigenvalue weighted by Gasteiger charge is 2.14. The van der Waals surface area contributed by atoms with Crippen LogP contribution in [0.1, 0.15) is 11.3 Å². The highest BCUT2D eigenvalue weighted by molar-refractivity contribution is 5.83. The molecule has 0 bridgehead atoms. The van der Waals surface area contributed by atoms with Crippen molar-refractivity contribution in [2.45, 2.75) is 6.92 Å². The summed E-state index contributed by atoms with van der Waals surface area (Å²) in [5.41, 5.74) is 6.87. The first kappa shape index (κ1) is 23.8. The van der Waals surface area contributed by atoms with Gasteiger partial charge in [-0.2, -0.15) is 5.10 Å². The van der Waals surface area contributed by atoms with E-state index in [9.17, 15) is 0 Å². The van der Waals surface area contributed by atoms with Gasteiger partial charge in [-0.05, 0) is 48.7 Å². The topological polar surface area (TPSA) is 78.2 Å². The van der Waals surface area contributed by atoms with Crippen LogP contribution in [-0.4, -0.2) is 45.5 Å². The summed E-state index contributed by atoms with van der Waals surface area (Å²) in [7, 11) is 5.15. The third-order valence-electron chi connectivity index (χ3n) is 5.86. The van der Waals surface area contributed by atoms with Crippen molar-refractivity contribution < 1.29 is 9.47 Å². The Morgan fingerprint density at radius 1 is 0.892 bits per heavy atom. The lowest BCUT2D eigenvalue weighted by Gasteiger charge is -2.24. The van der Waals surface area contributed by atoms with Gasteiger partial charge in [0.15, 0.2) is 0 Å². The number of rotatable bonds is 6. The molecule has 8 heteroatoms. The molecular formula is C29H26N6O2. The Balaban J connectivity index is 1.58. The largest absolute Gasteiger partial charge is 0.497 e. The van der Waals surface area contributed by atoms with Crippen LogP contribution in [0.3, 0.4) is 0 Å². The second kappa shape index (κ2) is 10.4. The fourth-order valence-electron chi connectivity index (χ4n) is 3.95. The Morgan fingerprint density at radius 2 is 1.70 bits per heavy atom. The molecule has 0 N–H and O–H groups in total. The molecule has 8 nitrogen and oxygen atoms in total. The van der Waals surface area contributed by atoms with E-state index < -0.39 is 0 Å². The van der Waals surface area contributed by atoms with Crippen LogP contribution >= 0.6 is 0 Å². The first-order valence-electron chi connectivity index (χ1n) is 11.7. The van der Waals surface area contributed by atoms with Crippen molar-refractivity contribution >= 4 is 22.4 Å². The van der Waals surface area contributed by atoms with Gasteiger partial charge in [0.1, 0.15) is 17.2 Å². The molecule has 0 aliphatic rings. The van der Waals surface area contributed by atoms with Crippen LogP contribution in [0, 0.1) is 18.8 Å². The molecule has 3 aromatic heterocycles. The predicted molar refractivity (Wildman–Crippen MR) is 144 cm³/mol. The van der Waals surface area contributed by atoms with Gasteiger partial charge in [-0.1, -0.05) is 5.92 Å². The molecule has 0 amide bonds. The number of fused-ring (bicyclic) bond motifs is 1. The minimum absolute atomic E-state index is 0.410. The average molecular weight is 491 g/mol. The Kier molecular flexibility index (Phi) is 6.68. The van der Waals surface area contributed by atoms with Gasteiger partial charge in [0.25, 0.3) is 0 Å². The van der Waals surface area contributed by atoms with Crippen molar-refractivity contribution in [1.29, 1.82) is 0 Å². The number of hydrogen-bond donors (Lipinski definition) is 0. The van der Waals surface area contributed by atoms with Crippen molar-refractivity contribution in [2.75, 3.05) is 25.7 Å². The summed E-state index contributed by atoms with van der Waals surface area (Å²) in [5.74, 6) is 7.83. The Bertz CT molecular complexity index is 1610. The maximum Gasteiger partial charge on any atom is 0.124 e. The number of benzene rings is 2. The standard InChI is InChI=1S/C29H26N6O2/c1-20-9-10-30-22(12-20)6-5-11-35(24-13-25(36-3)16-26(14-24)37-4)23-7-8-27-28(15-23)33-29(18-31-27)21-17-32-34(2)19-21/h7-10,12-19H,11H2,1-4H3. The monoisotopic (exact) mass is 490 g/mol. The number of anilines is 2. The zero-order chi connectivity index (χ0) is 25.8. The number of aromatic nitrogens is 5. The minimum Gasteiger partial charge on any atom is -0.497 e. The molecule has 0 aliphatic heterocycles. The molecule has 2 aromatic carbocycles. The molecule has 0 unspecified atom stereocenters. The van der Waals surface area contributed by atoms with E-state index in [4.69, 9.17) is 14.5 Å². The third kappa shape index (κ3) is 5.36. The summed E-state index contributed by atoms with van der Waals surface area (Å²) >= 11 is 0. The van der Waals surface area contributed by atoms with Crippen LogP contribution in [0.15, 0.2) is 73.3 Å². The lowest BCUT2D eigenvalue weighted by atomic mass is 10.2. The maximum absolute atomic E-state index is 5.52. The van der Waals surface area contributed by atoms with E-state index in [1.165, 1.54) is 0 Å². The molecule has 0 aliphatic carbocycles. The van der Waals surface area contributed by atoms with Crippen LogP contribution in [0.25, 0.3) is 22.3 Å². The number of hydrogen-bond acceptors (Lipinski definition) is 7. The molecule has 37 heavy (non-hydrogen) atoms. The number of methoxy groups -OCH3 is 2. The quantitative estimate of drug-likeness (QED) is 0.312. The molecule has 0 fully saturated rings. The van der Waals surface area contributed by atoms with Crippen molar-refractivity contribution in [3.05, 3.63) is 84.6 Å². The van der Waals surface area contributed by atoms with E-state index in [-0.39, 0.29) is 0 Å².